The van der Waals surface area contributed by atoms with Crippen LogP contribution in [0.4, 0.5) is 0 Å². The molecule has 0 bridgehead atoms. The number of para-hydroxylation sites is 1. The molecule has 3 aromatic rings. The van der Waals surface area contributed by atoms with Gasteiger partial charge in [0.15, 0.2) is 0 Å². The molecule has 6 heteroatoms. The predicted octanol–water partition coefficient (Wildman–Crippen LogP) is 5.31. The van der Waals surface area contributed by atoms with Crippen LogP contribution in [-0.2, 0) is 0 Å². The van der Waals surface area contributed by atoms with E-state index in [1.54, 1.807) is 21.3 Å². The molecule has 1 aromatic heterocycles. The Morgan fingerprint density at radius 1 is 1.00 bits per heavy atom. The van der Waals surface area contributed by atoms with E-state index in [1.807, 2.05) is 47.4 Å². The average molecular weight is 447 g/mol. The highest BCUT2D eigenvalue weighted by Gasteiger charge is 2.25. The van der Waals surface area contributed by atoms with Gasteiger partial charge in [-0.1, -0.05) is 38.1 Å². The van der Waals surface area contributed by atoms with E-state index in [4.69, 9.17) is 19.2 Å². The molecule has 2 heterocycles. The van der Waals surface area contributed by atoms with Crippen LogP contribution in [0.25, 0.3) is 16.5 Å². The van der Waals surface area contributed by atoms with Crippen molar-refractivity contribution in [3.63, 3.8) is 0 Å². The second-order valence-electron chi connectivity index (χ2n) is 8.40. The second-order valence-corrected chi connectivity index (χ2v) is 8.40. The molecular formula is C27H30N2O4. The number of ether oxygens (including phenoxy) is 3. The number of carbonyl (C=O) groups is 1. The molecule has 0 fully saturated rings. The lowest BCUT2D eigenvalue weighted by Crippen LogP contribution is -2.35. The lowest BCUT2D eigenvalue weighted by molar-refractivity contribution is 0.0774. The van der Waals surface area contributed by atoms with Crippen LogP contribution < -0.4 is 14.2 Å². The number of methoxy groups -OCH3 is 3. The van der Waals surface area contributed by atoms with Gasteiger partial charge >= 0.3 is 0 Å². The summed E-state index contributed by atoms with van der Waals surface area (Å²) in [5.41, 5.74) is 4.49. The van der Waals surface area contributed by atoms with Crippen molar-refractivity contribution in [2.45, 2.75) is 26.2 Å². The Balaban J connectivity index is 1.66. The van der Waals surface area contributed by atoms with Gasteiger partial charge in [-0.25, -0.2) is 0 Å². The van der Waals surface area contributed by atoms with Crippen molar-refractivity contribution in [1.82, 2.24) is 9.88 Å². The number of nitrogens with zero attached hydrogens (tertiary/aromatic N) is 2. The molecule has 0 radical (unpaired) electrons. The Morgan fingerprint density at radius 3 is 2.27 bits per heavy atom. The summed E-state index contributed by atoms with van der Waals surface area (Å²) in [6, 6.07) is 13.5. The van der Waals surface area contributed by atoms with E-state index in [9.17, 15) is 4.79 Å². The zero-order valence-electron chi connectivity index (χ0n) is 19.8. The summed E-state index contributed by atoms with van der Waals surface area (Å²) in [5.74, 6) is 2.33. The molecule has 0 spiro atoms. The van der Waals surface area contributed by atoms with Crippen LogP contribution in [0.15, 0.2) is 48.5 Å². The Hall–Kier alpha value is -3.54. The van der Waals surface area contributed by atoms with Crippen LogP contribution in [0, 0.1) is 0 Å². The summed E-state index contributed by atoms with van der Waals surface area (Å²) >= 11 is 0. The van der Waals surface area contributed by atoms with Crippen molar-refractivity contribution in [1.29, 1.82) is 0 Å². The van der Waals surface area contributed by atoms with Crippen LogP contribution in [0.3, 0.4) is 0 Å². The third-order valence-corrected chi connectivity index (χ3v) is 6.09. The summed E-state index contributed by atoms with van der Waals surface area (Å²) in [7, 11) is 4.89. The highest BCUT2D eigenvalue weighted by atomic mass is 16.5. The first-order chi connectivity index (χ1) is 16.0. The monoisotopic (exact) mass is 446 g/mol. The van der Waals surface area contributed by atoms with Crippen LogP contribution in [-0.4, -0.2) is 50.2 Å². The molecule has 172 valence electrons. The van der Waals surface area contributed by atoms with Gasteiger partial charge in [-0.05, 0) is 30.0 Å². The Kier molecular flexibility index (Phi) is 6.54. The molecular weight excluding hydrogens is 416 g/mol. The van der Waals surface area contributed by atoms with E-state index in [-0.39, 0.29) is 11.8 Å². The minimum atomic E-state index is 0.0273. The molecule has 0 atom stereocenters. The van der Waals surface area contributed by atoms with Gasteiger partial charge in [0.25, 0.3) is 5.91 Å². The van der Waals surface area contributed by atoms with E-state index >= 15 is 0 Å². The Bertz CT molecular complexity index is 1190. The van der Waals surface area contributed by atoms with Gasteiger partial charge in [0.2, 0.25) is 0 Å². The topological polar surface area (TPSA) is 60.9 Å². The van der Waals surface area contributed by atoms with Gasteiger partial charge in [0.05, 0.1) is 38.0 Å². The van der Waals surface area contributed by atoms with Gasteiger partial charge in [0, 0.05) is 36.3 Å². The summed E-state index contributed by atoms with van der Waals surface area (Å²) in [4.78, 5) is 20.2. The van der Waals surface area contributed by atoms with Crippen molar-refractivity contribution in [3.05, 3.63) is 65.4 Å². The molecule has 0 aliphatic carbocycles. The van der Waals surface area contributed by atoms with E-state index < -0.39 is 0 Å². The average Bonchev–Trinajstić information content (AvgIpc) is 2.86. The molecule has 4 rings (SSSR count). The number of rotatable bonds is 6. The van der Waals surface area contributed by atoms with Gasteiger partial charge in [-0.2, -0.15) is 0 Å². The minimum Gasteiger partial charge on any atom is -0.496 e. The van der Waals surface area contributed by atoms with Crippen molar-refractivity contribution < 1.29 is 19.0 Å². The second kappa shape index (κ2) is 9.53. The first kappa shape index (κ1) is 22.6. The number of hydrogen-bond donors (Lipinski definition) is 0. The fourth-order valence-corrected chi connectivity index (χ4v) is 4.24. The molecule has 0 unspecified atom stereocenters. The van der Waals surface area contributed by atoms with Crippen LogP contribution in [0.2, 0.25) is 0 Å². The van der Waals surface area contributed by atoms with Crippen LogP contribution in [0.5, 0.6) is 17.2 Å². The normalized spacial score (nSPS) is 13.8. The molecule has 0 saturated carbocycles. The van der Waals surface area contributed by atoms with E-state index in [1.165, 1.54) is 0 Å². The van der Waals surface area contributed by atoms with Gasteiger partial charge < -0.3 is 19.1 Å². The maximum atomic E-state index is 13.6. The quantitative estimate of drug-likeness (QED) is 0.513. The van der Waals surface area contributed by atoms with Gasteiger partial charge in [-0.15, -0.1) is 0 Å². The largest absolute Gasteiger partial charge is 0.496 e. The molecule has 6 nitrogen and oxygen atoms in total. The fourth-order valence-electron chi connectivity index (χ4n) is 4.24. The zero-order chi connectivity index (χ0) is 23.5. The number of hydrogen-bond acceptors (Lipinski definition) is 5. The first-order valence-electron chi connectivity index (χ1n) is 11.1. The smallest absolute Gasteiger partial charge is 0.254 e. The molecule has 2 aromatic carbocycles. The lowest BCUT2D eigenvalue weighted by Gasteiger charge is -2.28. The highest BCUT2D eigenvalue weighted by Crippen LogP contribution is 2.41. The molecule has 33 heavy (non-hydrogen) atoms. The predicted molar refractivity (Wildman–Crippen MR) is 130 cm³/mol. The SMILES string of the molecule is COc1cc(OC)c(C2=CCN(C(=O)c3cc(C(C)C)nc4ccccc34)CC2)c(OC)c1. The first-order valence-corrected chi connectivity index (χ1v) is 11.1. The summed E-state index contributed by atoms with van der Waals surface area (Å²) in [6.07, 6.45) is 2.78. The Morgan fingerprint density at radius 2 is 1.70 bits per heavy atom. The summed E-state index contributed by atoms with van der Waals surface area (Å²) in [5, 5.41) is 0.889. The van der Waals surface area contributed by atoms with E-state index in [2.05, 4.69) is 19.9 Å². The molecule has 1 aliphatic heterocycles. The molecule has 0 saturated heterocycles. The third kappa shape index (κ3) is 4.38. The van der Waals surface area contributed by atoms with Gasteiger partial charge in [0.1, 0.15) is 17.2 Å². The lowest BCUT2D eigenvalue weighted by atomic mass is 9.96. The maximum absolute atomic E-state index is 13.6. The summed E-state index contributed by atoms with van der Waals surface area (Å²) in [6.45, 7) is 5.31. The van der Waals surface area contributed by atoms with Crippen molar-refractivity contribution in [2.75, 3.05) is 34.4 Å². The fraction of sp³-hybridized carbons (Fsp3) is 0.333. The van der Waals surface area contributed by atoms with E-state index in [0.717, 1.165) is 27.7 Å². The van der Waals surface area contributed by atoms with Gasteiger partial charge in [-0.3, -0.25) is 9.78 Å². The summed E-state index contributed by atoms with van der Waals surface area (Å²) < 4.78 is 16.6. The maximum Gasteiger partial charge on any atom is 0.254 e. The Labute approximate surface area is 194 Å². The van der Waals surface area contributed by atoms with E-state index in [0.29, 0.717) is 42.3 Å². The third-order valence-electron chi connectivity index (χ3n) is 6.09. The zero-order valence-corrected chi connectivity index (χ0v) is 19.8. The van der Waals surface area contributed by atoms with Crippen molar-refractivity contribution >= 4 is 22.4 Å². The van der Waals surface area contributed by atoms with Crippen LogP contribution in [0.1, 0.15) is 47.8 Å². The van der Waals surface area contributed by atoms with Crippen molar-refractivity contribution in [3.8, 4) is 17.2 Å². The molecule has 1 amide bonds. The number of pyridine rings is 1. The number of carbonyl (C=O) groups excluding carboxylic acids is 1. The number of fused-ring (bicyclic) bond motifs is 1. The standard InChI is InChI=1S/C27H30N2O4/c1-17(2)23-16-21(20-8-6-7-9-22(20)28-23)27(30)29-12-10-18(11-13-29)26-24(32-4)14-19(31-3)15-25(26)33-5/h6-10,14-17H,11-13H2,1-5H3. The minimum absolute atomic E-state index is 0.0273. The highest BCUT2D eigenvalue weighted by molar-refractivity contribution is 6.06. The number of aromatic nitrogens is 1. The number of benzene rings is 2. The molecule has 0 N–H and O–H groups in total. The number of amides is 1. The van der Waals surface area contributed by atoms with Crippen LogP contribution >= 0.6 is 0 Å². The molecule has 1 aliphatic rings. The van der Waals surface area contributed by atoms with Crippen molar-refractivity contribution in [2.24, 2.45) is 0 Å².